The zero-order chi connectivity index (χ0) is 35.2. The van der Waals surface area contributed by atoms with Crippen LogP contribution in [0.15, 0.2) is 71.0 Å². The SMILES string of the molecule is COC(=O)COP(=O)(OCC(=O)OC)Oc1c2n(ccc1=O)N(C1c3ccc(F)cc3-c3ccsc3-c3ccccc31)[C@@H]1COCCN1C2=O. The molecule has 4 heterocycles. The van der Waals surface area contributed by atoms with Crippen molar-refractivity contribution in [1.29, 1.82) is 0 Å². The maximum absolute atomic E-state index is 15.0. The molecular weight excluding hydrogens is 696 g/mol. The van der Waals surface area contributed by atoms with E-state index in [1.807, 2.05) is 40.7 Å². The number of benzene rings is 2. The summed E-state index contributed by atoms with van der Waals surface area (Å²) in [6.45, 7) is -1.49. The van der Waals surface area contributed by atoms with Crippen LogP contribution in [0.3, 0.4) is 0 Å². The Labute approximate surface area is 288 Å². The summed E-state index contributed by atoms with van der Waals surface area (Å²) in [6, 6.07) is 14.6. The second kappa shape index (κ2) is 13.5. The van der Waals surface area contributed by atoms with Gasteiger partial charge in [0.2, 0.25) is 11.2 Å². The van der Waals surface area contributed by atoms with Gasteiger partial charge in [0.15, 0.2) is 18.9 Å². The van der Waals surface area contributed by atoms with Crippen LogP contribution >= 0.6 is 19.2 Å². The number of amides is 1. The number of hydrogen-bond donors (Lipinski definition) is 0. The first-order valence-electron chi connectivity index (χ1n) is 15.3. The van der Waals surface area contributed by atoms with E-state index >= 15 is 0 Å². The molecule has 1 amide bonds. The lowest BCUT2D eigenvalue weighted by molar-refractivity contribution is -0.144. The Morgan fingerprint density at radius 3 is 2.42 bits per heavy atom. The van der Waals surface area contributed by atoms with Crippen molar-refractivity contribution in [3.63, 3.8) is 0 Å². The Balaban J connectivity index is 1.43. The topological polar surface area (TPSA) is 152 Å². The van der Waals surface area contributed by atoms with Gasteiger partial charge in [0, 0.05) is 29.2 Å². The number of hydrogen-bond acceptors (Lipinski definition) is 13. The van der Waals surface area contributed by atoms with Gasteiger partial charge in [-0.25, -0.2) is 18.5 Å². The number of rotatable bonds is 9. The van der Waals surface area contributed by atoms with Crippen LogP contribution < -0.4 is 15.0 Å². The summed E-state index contributed by atoms with van der Waals surface area (Å²) in [5.74, 6) is -3.73. The van der Waals surface area contributed by atoms with Crippen LogP contribution in [0, 0.1) is 5.82 Å². The lowest BCUT2D eigenvalue weighted by Gasteiger charge is -2.51. The van der Waals surface area contributed by atoms with Crippen molar-refractivity contribution in [2.75, 3.05) is 52.2 Å². The number of morpholine rings is 1. The van der Waals surface area contributed by atoms with Crippen molar-refractivity contribution in [2.45, 2.75) is 12.2 Å². The average Bonchev–Trinajstić information content (AvgIpc) is 3.59. The molecule has 2 aromatic heterocycles. The fraction of sp³-hybridized carbons (Fsp3) is 0.273. The lowest BCUT2D eigenvalue weighted by Crippen LogP contribution is -2.66. The number of phosphoric acid groups is 1. The number of carbonyl (C=O) groups is 3. The van der Waals surface area contributed by atoms with E-state index in [0.29, 0.717) is 11.1 Å². The number of esters is 2. The van der Waals surface area contributed by atoms with Crippen LogP contribution in [0.5, 0.6) is 5.75 Å². The van der Waals surface area contributed by atoms with E-state index in [2.05, 4.69) is 9.47 Å². The third kappa shape index (κ3) is 5.88. The van der Waals surface area contributed by atoms with Gasteiger partial charge in [0.05, 0.1) is 33.5 Å². The van der Waals surface area contributed by atoms with Crippen LogP contribution in [0.25, 0.3) is 21.6 Å². The third-order valence-corrected chi connectivity index (χ3v) is 10.8. The molecule has 0 spiro atoms. The number of phosphoric ester groups is 1. The Hall–Kier alpha value is -4.86. The number of thiophene rings is 1. The van der Waals surface area contributed by atoms with Crippen molar-refractivity contribution in [2.24, 2.45) is 0 Å². The number of methoxy groups -OCH3 is 2. The van der Waals surface area contributed by atoms with E-state index in [1.54, 1.807) is 6.07 Å². The molecule has 1 fully saturated rings. The molecule has 1 unspecified atom stereocenters. The first-order chi connectivity index (χ1) is 24.1. The van der Waals surface area contributed by atoms with Gasteiger partial charge in [0.1, 0.15) is 12.0 Å². The van der Waals surface area contributed by atoms with Gasteiger partial charge in [0.25, 0.3) is 5.91 Å². The Bertz CT molecular complexity index is 2100. The summed E-state index contributed by atoms with van der Waals surface area (Å²) in [5.41, 5.74) is 2.68. The minimum Gasteiger partial charge on any atom is -0.467 e. The highest BCUT2D eigenvalue weighted by molar-refractivity contribution is 7.49. The van der Waals surface area contributed by atoms with Crippen molar-refractivity contribution >= 4 is 37.0 Å². The summed E-state index contributed by atoms with van der Waals surface area (Å²) in [7, 11) is -2.85. The van der Waals surface area contributed by atoms with Crippen LogP contribution in [0.1, 0.15) is 27.7 Å². The van der Waals surface area contributed by atoms with Gasteiger partial charge >= 0.3 is 19.8 Å². The summed E-state index contributed by atoms with van der Waals surface area (Å²) in [6.07, 6.45) is 0.653. The fourth-order valence-electron chi connectivity index (χ4n) is 6.32. The molecule has 2 aromatic carbocycles. The second-order valence-electron chi connectivity index (χ2n) is 11.3. The average molecular weight is 726 g/mol. The minimum absolute atomic E-state index is 0.0768. The van der Waals surface area contributed by atoms with Crippen molar-refractivity contribution in [3.8, 4) is 27.3 Å². The second-order valence-corrected chi connectivity index (χ2v) is 13.8. The smallest absolute Gasteiger partial charge is 0.467 e. The quantitative estimate of drug-likeness (QED) is 0.180. The predicted molar refractivity (Wildman–Crippen MR) is 176 cm³/mol. The number of aromatic nitrogens is 1. The minimum atomic E-state index is -4.98. The molecule has 1 aliphatic carbocycles. The van der Waals surface area contributed by atoms with Crippen molar-refractivity contribution in [3.05, 3.63) is 99.0 Å². The highest BCUT2D eigenvalue weighted by Gasteiger charge is 2.47. The first-order valence-corrected chi connectivity index (χ1v) is 17.6. The number of carbonyl (C=O) groups excluding carboxylic acids is 3. The predicted octanol–water partition coefficient (Wildman–Crippen LogP) is 4.10. The highest BCUT2D eigenvalue weighted by atomic mass is 32.1. The van der Waals surface area contributed by atoms with Crippen LogP contribution in [-0.4, -0.2) is 80.8 Å². The molecule has 0 N–H and O–H groups in total. The number of pyridine rings is 1. The summed E-state index contributed by atoms with van der Waals surface area (Å²) >= 11 is 1.51. The maximum atomic E-state index is 15.0. The third-order valence-electron chi connectivity index (χ3n) is 8.53. The summed E-state index contributed by atoms with van der Waals surface area (Å²) < 4.78 is 61.2. The van der Waals surface area contributed by atoms with E-state index in [-0.39, 0.29) is 25.5 Å². The van der Waals surface area contributed by atoms with E-state index in [4.69, 9.17) is 18.3 Å². The van der Waals surface area contributed by atoms with Crippen molar-refractivity contribution < 1.29 is 51.1 Å². The van der Waals surface area contributed by atoms with Gasteiger partial charge < -0.3 is 23.6 Å². The van der Waals surface area contributed by atoms with Gasteiger partial charge in [-0.3, -0.25) is 28.3 Å². The van der Waals surface area contributed by atoms with Gasteiger partial charge in [-0.2, -0.15) is 0 Å². The maximum Gasteiger partial charge on any atom is 0.531 e. The number of fused-ring (bicyclic) bond motifs is 7. The lowest BCUT2D eigenvalue weighted by atomic mass is 9.92. The number of nitrogens with zero attached hydrogens (tertiary/aromatic N) is 3. The van der Waals surface area contributed by atoms with Gasteiger partial charge in [-0.15, -0.1) is 11.3 Å². The Morgan fingerprint density at radius 1 is 0.960 bits per heavy atom. The molecular formula is C33H29FN3O11PS. The zero-order valence-corrected chi connectivity index (χ0v) is 28.3. The summed E-state index contributed by atoms with van der Waals surface area (Å²) in [4.78, 5) is 54.1. The molecule has 3 aliphatic rings. The molecule has 17 heteroatoms. The fourth-order valence-corrected chi connectivity index (χ4v) is 8.38. The highest BCUT2D eigenvalue weighted by Crippen LogP contribution is 2.52. The van der Waals surface area contributed by atoms with Crippen LogP contribution in [-0.2, 0) is 37.4 Å². The molecule has 0 saturated carbocycles. The first kappa shape index (κ1) is 33.6. The molecule has 50 heavy (non-hydrogen) atoms. The Kier molecular flexibility index (Phi) is 9.05. The Morgan fingerprint density at radius 2 is 1.68 bits per heavy atom. The molecule has 2 aliphatic heterocycles. The van der Waals surface area contributed by atoms with E-state index in [1.165, 1.54) is 39.2 Å². The van der Waals surface area contributed by atoms with E-state index in [0.717, 1.165) is 41.9 Å². The van der Waals surface area contributed by atoms with Gasteiger partial charge in [-0.05, 0) is 45.8 Å². The number of ether oxygens (including phenoxy) is 3. The standard InChI is InChI=1S/C33H29FN3O11PS/c1-43-27(39)17-46-49(42,47-18-28(40)44-2)48-31-25(38)9-11-36-30(31)33(41)35-12-13-45-16-26(35)37(36)29-20-5-3-4-6-22(20)32-23(10-14-50-32)24-15-19(34)7-8-21(24)29/h3-11,14-15,26,29H,12-13,16-18H2,1-2H3/t26-,29?/m1/s1. The van der Waals surface area contributed by atoms with E-state index < -0.39 is 68.1 Å². The summed E-state index contributed by atoms with van der Waals surface area (Å²) in [5, 5.41) is 3.78. The monoisotopic (exact) mass is 725 g/mol. The normalized spacial score (nSPS) is 17.8. The molecule has 14 nitrogen and oxygen atoms in total. The van der Waals surface area contributed by atoms with Crippen molar-refractivity contribution in [1.82, 2.24) is 9.58 Å². The molecule has 4 aromatic rings. The van der Waals surface area contributed by atoms with E-state index in [9.17, 15) is 28.1 Å². The van der Waals surface area contributed by atoms with Crippen LogP contribution in [0.2, 0.25) is 0 Å². The molecule has 1 saturated heterocycles. The molecule has 0 bridgehead atoms. The van der Waals surface area contributed by atoms with Gasteiger partial charge in [-0.1, -0.05) is 30.3 Å². The molecule has 0 radical (unpaired) electrons. The number of halogens is 1. The largest absolute Gasteiger partial charge is 0.531 e. The molecule has 2 atom stereocenters. The molecule has 7 rings (SSSR count). The van der Waals surface area contributed by atoms with Crippen LogP contribution in [0.4, 0.5) is 4.39 Å². The molecule has 260 valence electrons. The zero-order valence-electron chi connectivity index (χ0n) is 26.6.